The number of nitrogen functional groups attached to an aromatic ring is 1. The Bertz CT molecular complexity index is 511. The van der Waals surface area contributed by atoms with Gasteiger partial charge >= 0.3 is 0 Å². The van der Waals surface area contributed by atoms with Crippen molar-refractivity contribution in [1.82, 2.24) is 0 Å². The molecule has 2 N–H and O–H groups in total. The molecule has 0 atom stereocenters. The Kier molecular flexibility index (Phi) is 4.26. The van der Waals surface area contributed by atoms with E-state index in [2.05, 4.69) is 15.9 Å². The van der Waals surface area contributed by atoms with Crippen molar-refractivity contribution < 1.29 is 0 Å². The Labute approximate surface area is 122 Å². The number of nitrogens with two attached hydrogens (primary N) is 1. The molecule has 0 radical (unpaired) electrons. The van der Waals surface area contributed by atoms with E-state index in [-0.39, 0.29) is 0 Å². The van der Waals surface area contributed by atoms with Gasteiger partial charge < -0.3 is 5.73 Å². The fraction of sp³-hybridized carbons (Fsp3) is 0. The van der Waals surface area contributed by atoms with Crippen molar-refractivity contribution in [3.05, 3.63) is 50.9 Å². The van der Waals surface area contributed by atoms with Gasteiger partial charge in [-0.2, -0.15) is 0 Å². The monoisotopic (exact) mass is 347 g/mol. The van der Waals surface area contributed by atoms with Gasteiger partial charge in [-0.3, -0.25) is 0 Å². The van der Waals surface area contributed by atoms with E-state index in [1.165, 1.54) is 11.8 Å². The molecule has 17 heavy (non-hydrogen) atoms. The predicted molar refractivity (Wildman–Crippen MR) is 79.1 cm³/mol. The predicted octanol–water partition coefficient (Wildman–Crippen LogP) is 5.49. The zero-order chi connectivity index (χ0) is 12.4. The van der Waals surface area contributed by atoms with Crippen molar-refractivity contribution >= 4 is 56.6 Å². The fourth-order valence-electron chi connectivity index (χ4n) is 1.27. The first-order chi connectivity index (χ1) is 8.06. The van der Waals surface area contributed by atoms with E-state index in [4.69, 9.17) is 28.9 Å². The standard InChI is InChI=1S/C12H8BrCl2NS/c13-7-1-4-10(16)12(5-7)17-11-6-8(14)2-3-9(11)15/h1-6H,16H2. The lowest BCUT2D eigenvalue weighted by atomic mass is 10.3. The van der Waals surface area contributed by atoms with Crippen LogP contribution < -0.4 is 5.73 Å². The van der Waals surface area contributed by atoms with E-state index in [1.54, 1.807) is 12.1 Å². The van der Waals surface area contributed by atoms with E-state index >= 15 is 0 Å². The molecule has 2 aromatic carbocycles. The minimum atomic E-state index is 0.658. The molecule has 2 rings (SSSR count). The van der Waals surface area contributed by atoms with Gasteiger partial charge in [0.05, 0.1) is 5.02 Å². The Balaban J connectivity index is 2.37. The minimum Gasteiger partial charge on any atom is -0.398 e. The van der Waals surface area contributed by atoms with Crippen LogP contribution in [0.4, 0.5) is 5.69 Å². The number of halogens is 3. The largest absolute Gasteiger partial charge is 0.398 e. The summed E-state index contributed by atoms with van der Waals surface area (Å²) in [5.74, 6) is 0. The molecular weight excluding hydrogens is 341 g/mol. The van der Waals surface area contributed by atoms with Crippen molar-refractivity contribution in [3.63, 3.8) is 0 Å². The molecule has 5 heteroatoms. The number of anilines is 1. The normalized spacial score (nSPS) is 10.5. The summed E-state index contributed by atoms with van der Waals surface area (Å²) in [5, 5.41) is 1.32. The number of benzene rings is 2. The van der Waals surface area contributed by atoms with Gasteiger partial charge in [-0.25, -0.2) is 0 Å². The Morgan fingerprint density at radius 2 is 1.76 bits per heavy atom. The van der Waals surface area contributed by atoms with Crippen molar-refractivity contribution in [1.29, 1.82) is 0 Å². The molecule has 0 aliphatic carbocycles. The van der Waals surface area contributed by atoms with Crippen LogP contribution in [0, 0.1) is 0 Å². The molecule has 1 nitrogen and oxygen atoms in total. The molecule has 0 aromatic heterocycles. The summed E-state index contributed by atoms with van der Waals surface area (Å²) < 4.78 is 0.979. The molecule has 0 saturated carbocycles. The summed E-state index contributed by atoms with van der Waals surface area (Å²) >= 11 is 17.0. The van der Waals surface area contributed by atoms with Crippen LogP contribution in [0.25, 0.3) is 0 Å². The molecule has 0 heterocycles. The Morgan fingerprint density at radius 1 is 1.00 bits per heavy atom. The summed E-state index contributed by atoms with van der Waals surface area (Å²) in [7, 11) is 0. The smallest absolute Gasteiger partial charge is 0.0546 e. The molecule has 0 aliphatic heterocycles. The molecule has 0 spiro atoms. The quantitative estimate of drug-likeness (QED) is 0.726. The van der Waals surface area contributed by atoms with E-state index in [9.17, 15) is 0 Å². The summed E-state index contributed by atoms with van der Waals surface area (Å²) in [6, 6.07) is 11.1. The maximum absolute atomic E-state index is 6.11. The lowest BCUT2D eigenvalue weighted by molar-refractivity contribution is 1.39. The van der Waals surface area contributed by atoms with Crippen molar-refractivity contribution in [2.24, 2.45) is 0 Å². The first-order valence-corrected chi connectivity index (χ1v) is 7.11. The van der Waals surface area contributed by atoms with Crippen molar-refractivity contribution in [2.75, 3.05) is 5.73 Å². The highest BCUT2D eigenvalue weighted by Crippen LogP contribution is 2.38. The average molecular weight is 349 g/mol. The van der Waals surface area contributed by atoms with Crippen molar-refractivity contribution in [3.8, 4) is 0 Å². The second kappa shape index (κ2) is 5.53. The third-order valence-electron chi connectivity index (χ3n) is 2.09. The van der Waals surface area contributed by atoms with E-state index < -0.39 is 0 Å². The van der Waals surface area contributed by atoms with E-state index in [0.29, 0.717) is 15.7 Å². The van der Waals surface area contributed by atoms with Crippen molar-refractivity contribution in [2.45, 2.75) is 9.79 Å². The van der Waals surface area contributed by atoms with Crippen LogP contribution >= 0.6 is 50.9 Å². The highest BCUT2D eigenvalue weighted by molar-refractivity contribution is 9.10. The molecule has 0 fully saturated rings. The molecule has 2 aromatic rings. The Hall–Kier alpha value is -0.350. The van der Waals surface area contributed by atoms with Gasteiger partial charge in [-0.05, 0) is 36.4 Å². The molecule has 0 amide bonds. The molecular formula is C12H8BrCl2NS. The first-order valence-electron chi connectivity index (χ1n) is 4.74. The zero-order valence-corrected chi connectivity index (χ0v) is 12.5. The van der Waals surface area contributed by atoms with Crippen LogP contribution in [0.1, 0.15) is 0 Å². The van der Waals surface area contributed by atoms with Gasteiger partial charge in [0.15, 0.2) is 0 Å². The molecule has 0 unspecified atom stereocenters. The highest BCUT2D eigenvalue weighted by Gasteiger charge is 2.07. The SMILES string of the molecule is Nc1ccc(Br)cc1Sc1cc(Cl)ccc1Cl. The lowest BCUT2D eigenvalue weighted by Gasteiger charge is -2.07. The second-order valence-electron chi connectivity index (χ2n) is 3.36. The molecule has 0 saturated heterocycles. The minimum absolute atomic E-state index is 0.658. The fourth-order valence-corrected chi connectivity index (χ4v) is 3.21. The summed E-state index contributed by atoms with van der Waals surface area (Å²) in [5.41, 5.74) is 6.62. The van der Waals surface area contributed by atoms with Crippen LogP contribution in [-0.2, 0) is 0 Å². The number of rotatable bonds is 2. The number of hydrogen-bond donors (Lipinski definition) is 1. The Morgan fingerprint density at radius 3 is 2.53 bits per heavy atom. The molecule has 88 valence electrons. The van der Waals surface area contributed by atoms with Crippen LogP contribution in [-0.4, -0.2) is 0 Å². The zero-order valence-electron chi connectivity index (χ0n) is 8.58. The molecule has 0 aliphatic rings. The summed E-state index contributed by atoms with van der Waals surface area (Å²) in [4.78, 5) is 1.84. The van der Waals surface area contributed by atoms with Gasteiger partial charge in [0.25, 0.3) is 0 Å². The maximum Gasteiger partial charge on any atom is 0.0546 e. The van der Waals surface area contributed by atoms with Gasteiger partial charge in [0.1, 0.15) is 0 Å². The first kappa shape index (κ1) is 13.1. The number of hydrogen-bond acceptors (Lipinski definition) is 2. The lowest BCUT2D eigenvalue weighted by Crippen LogP contribution is -1.88. The van der Waals surface area contributed by atoms with Gasteiger partial charge in [0.2, 0.25) is 0 Å². The van der Waals surface area contributed by atoms with Crippen LogP contribution in [0.5, 0.6) is 0 Å². The maximum atomic E-state index is 6.11. The van der Waals surface area contributed by atoms with Gasteiger partial charge in [0, 0.05) is 25.0 Å². The third kappa shape index (κ3) is 3.32. The van der Waals surface area contributed by atoms with Gasteiger partial charge in [-0.1, -0.05) is 50.9 Å². The second-order valence-corrected chi connectivity index (χ2v) is 6.20. The van der Waals surface area contributed by atoms with Crippen LogP contribution in [0.15, 0.2) is 50.7 Å². The topological polar surface area (TPSA) is 26.0 Å². The third-order valence-corrected chi connectivity index (χ3v) is 4.39. The summed E-state index contributed by atoms with van der Waals surface area (Å²) in [6.45, 7) is 0. The highest BCUT2D eigenvalue weighted by atomic mass is 79.9. The van der Waals surface area contributed by atoms with Crippen LogP contribution in [0.2, 0.25) is 10.0 Å². The summed E-state index contributed by atoms with van der Waals surface area (Å²) in [6.07, 6.45) is 0. The van der Waals surface area contributed by atoms with E-state index in [0.717, 1.165) is 14.3 Å². The molecule has 0 bridgehead atoms. The average Bonchev–Trinajstić information content (AvgIpc) is 2.28. The van der Waals surface area contributed by atoms with E-state index in [1.807, 2.05) is 24.3 Å². The van der Waals surface area contributed by atoms with Crippen LogP contribution in [0.3, 0.4) is 0 Å². The van der Waals surface area contributed by atoms with Gasteiger partial charge in [-0.15, -0.1) is 0 Å².